The fourth-order valence-electron chi connectivity index (χ4n) is 4.24. The zero-order chi connectivity index (χ0) is 24.5. The van der Waals surface area contributed by atoms with E-state index in [9.17, 15) is 22.0 Å². The van der Waals surface area contributed by atoms with Gasteiger partial charge in [0.2, 0.25) is 10.0 Å². The first kappa shape index (κ1) is 24.1. The molecule has 7 nitrogen and oxygen atoms in total. The number of sulfonamides is 1. The predicted molar refractivity (Wildman–Crippen MR) is 122 cm³/mol. The molecular formula is C24H25F2N3O4S. The summed E-state index contributed by atoms with van der Waals surface area (Å²) in [4.78, 5) is 14.0. The quantitative estimate of drug-likeness (QED) is 0.498. The van der Waals surface area contributed by atoms with Crippen LogP contribution in [0.15, 0.2) is 65.7 Å². The highest BCUT2D eigenvalue weighted by molar-refractivity contribution is 7.89. The summed E-state index contributed by atoms with van der Waals surface area (Å²) >= 11 is 0. The molecule has 34 heavy (non-hydrogen) atoms. The lowest BCUT2D eigenvalue weighted by atomic mass is 9.96. The molecule has 1 aliphatic rings. The van der Waals surface area contributed by atoms with Gasteiger partial charge in [-0.05, 0) is 41.5 Å². The van der Waals surface area contributed by atoms with Crippen molar-refractivity contribution >= 4 is 16.0 Å². The molecule has 0 N–H and O–H groups in total. The van der Waals surface area contributed by atoms with E-state index in [0.717, 1.165) is 11.1 Å². The molecule has 2 aromatic carbocycles. The first-order valence-electron chi connectivity index (χ1n) is 10.7. The standard InChI is InChI=1S/C24H25F2N3O4S/c1-27-16-21(15-22(27)24(30)33-2)34(31,32)29-13-11-28(12-14-29)23(17-3-7-19(25)8-4-17)18-5-9-20(26)10-6-18/h3-10,15-16,23H,11-14H2,1-2H3. The van der Waals surface area contributed by atoms with Crippen LogP contribution in [0, 0.1) is 11.6 Å². The van der Waals surface area contributed by atoms with E-state index < -0.39 is 16.0 Å². The number of methoxy groups -OCH3 is 1. The van der Waals surface area contributed by atoms with Gasteiger partial charge in [-0.15, -0.1) is 0 Å². The smallest absolute Gasteiger partial charge is 0.354 e. The molecule has 180 valence electrons. The molecule has 1 fully saturated rings. The summed E-state index contributed by atoms with van der Waals surface area (Å²) in [6, 6.07) is 13.3. The number of rotatable bonds is 6. The number of ether oxygens (including phenoxy) is 1. The SMILES string of the molecule is COC(=O)c1cc(S(=O)(=O)N2CCN(C(c3ccc(F)cc3)c3ccc(F)cc3)CC2)cn1C. The fourth-order valence-corrected chi connectivity index (χ4v) is 5.73. The summed E-state index contributed by atoms with van der Waals surface area (Å²) in [5.41, 5.74) is 1.80. The largest absolute Gasteiger partial charge is 0.464 e. The van der Waals surface area contributed by atoms with Crippen molar-refractivity contribution in [1.82, 2.24) is 13.8 Å². The molecule has 0 unspecified atom stereocenters. The Morgan fingerprint density at radius 2 is 1.41 bits per heavy atom. The first-order valence-corrected chi connectivity index (χ1v) is 12.1. The molecule has 0 amide bonds. The number of benzene rings is 2. The van der Waals surface area contributed by atoms with Crippen LogP contribution in [0.5, 0.6) is 0 Å². The number of carbonyl (C=O) groups is 1. The number of carbonyl (C=O) groups excluding carboxylic acids is 1. The molecule has 0 saturated carbocycles. The second-order valence-electron chi connectivity index (χ2n) is 8.11. The van der Waals surface area contributed by atoms with Gasteiger partial charge in [0.05, 0.1) is 13.2 Å². The van der Waals surface area contributed by atoms with Crippen molar-refractivity contribution in [2.24, 2.45) is 7.05 Å². The molecule has 0 spiro atoms. The van der Waals surface area contributed by atoms with Gasteiger partial charge in [0, 0.05) is 39.4 Å². The third-order valence-electron chi connectivity index (χ3n) is 6.02. The first-order chi connectivity index (χ1) is 16.2. The van der Waals surface area contributed by atoms with Crippen molar-refractivity contribution in [2.75, 3.05) is 33.3 Å². The lowest BCUT2D eigenvalue weighted by Crippen LogP contribution is -2.49. The highest BCUT2D eigenvalue weighted by Crippen LogP contribution is 2.31. The second kappa shape index (κ2) is 9.65. The number of esters is 1. The molecule has 0 atom stereocenters. The van der Waals surface area contributed by atoms with Crippen molar-refractivity contribution in [2.45, 2.75) is 10.9 Å². The average Bonchev–Trinajstić information content (AvgIpc) is 3.24. The van der Waals surface area contributed by atoms with Crippen LogP contribution in [0.4, 0.5) is 8.78 Å². The van der Waals surface area contributed by atoms with Crippen LogP contribution >= 0.6 is 0 Å². The molecular weight excluding hydrogens is 464 g/mol. The van der Waals surface area contributed by atoms with E-state index >= 15 is 0 Å². The van der Waals surface area contributed by atoms with Crippen LogP contribution in [0.3, 0.4) is 0 Å². The molecule has 4 rings (SSSR count). The molecule has 0 aliphatic carbocycles. The van der Waals surface area contributed by atoms with Gasteiger partial charge in [0.1, 0.15) is 22.2 Å². The van der Waals surface area contributed by atoms with Gasteiger partial charge in [-0.25, -0.2) is 22.0 Å². The molecule has 1 aliphatic heterocycles. The average molecular weight is 490 g/mol. The second-order valence-corrected chi connectivity index (χ2v) is 10.0. The monoisotopic (exact) mass is 489 g/mol. The summed E-state index contributed by atoms with van der Waals surface area (Å²) in [5.74, 6) is -1.33. The number of piperazine rings is 1. The molecule has 1 saturated heterocycles. The predicted octanol–water partition coefficient (Wildman–Crippen LogP) is 3.19. The number of nitrogens with zero attached hydrogens (tertiary/aromatic N) is 3. The van der Waals surface area contributed by atoms with Crippen LogP contribution in [-0.2, 0) is 21.8 Å². The number of aryl methyl sites for hydroxylation is 1. The Bertz CT molecular complexity index is 1220. The van der Waals surface area contributed by atoms with Gasteiger partial charge in [-0.2, -0.15) is 4.31 Å². The van der Waals surface area contributed by atoms with Gasteiger partial charge in [0.15, 0.2) is 0 Å². The Kier molecular flexibility index (Phi) is 6.83. The van der Waals surface area contributed by atoms with E-state index in [4.69, 9.17) is 4.74 Å². The van der Waals surface area contributed by atoms with Gasteiger partial charge in [-0.1, -0.05) is 24.3 Å². The van der Waals surface area contributed by atoms with Crippen molar-refractivity contribution in [3.63, 3.8) is 0 Å². The van der Waals surface area contributed by atoms with E-state index in [0.29, 0.717) is 13.1 Å². The van der Waals surface area contributed by atoms with Crippen molar-refractivity contribution in [1.29, 1.82) is 0 Å². The van der Waals surface area contributed by atoms with Gasteiger partial charge in [0.25, 0.3) is 0 Å². The van der Waals surface area contributed by atoms with Crippen molar-refractivity contribution < 1.29 is 26.7 Å². The Morgan fingerprint density at radius 1 is 0.912 bits per heavy atom. The van der Waals surface area contributed by atoms with Gasteiger partial charge < -0.3 is 9.30 Å². The number of hydrogen-bond donors (Lipinski definition) is 0. The van der Waals surface area contributed by atoms with Crippen LogP contribution in [0.2, 0.25) is 0 Å². The van der Waals surface area contributed by atoms with Crippen molar-refractivity contribution in [3.05, 3.63) is 89.2 Å². The third-order valence-corrected chi connectivity index (χ3v) is 7.89. The van der Waals surface area contributed by atoms with E-state index in [1.807, 2.05) is 0 Å². The minimum absolute atomic E-state index is 0.0254. The fraction of sp³-hybridized carbons (Fsp3) is 0.292. The zero-order valence-electron chi connectivity index (χ0n) is 18.8. The maximum Gasteiger partial charge on any atom is 0.354 e. The molecule has 1 aromatic heterocycles. The van der Waals surface area contributed by atoms with E-state index in [1.165, 1.54) is 52.5 Å². The van der Waals surface area contributed by atoms with Crippen LogP contribution in [0.1, 0.15) is 27.7 Å². The molecule has 10 heteroatoms. The molecule has 2 heterocycles. The third kappa shape index (κ3) is 4.75. The summed E-state index contributed by atoms with van der Waals surface area (Å²) in [6.07, 6.45) is 1.40. The Morgan fingerprint density at radius 3 is 1.88 bits per heavy atom. The van der Waals surface area contributed by atoms with Crippen LogP contribution in [-0.4, -0.2) is 61.4 Å². The van der Waals surface area contributed by atoms with Crippen LogP contribution < -0.4 is 0 Å². The van der Waals surface area contributed by atoms with Gasteiger partial charge >= 0.3 is 5.97 Å². The number of hydrogen-bond acceptors (Lipinski definition) is 5. The summed E-state index contributed by atoms with van der Waals surface area (Å²) in [5, 5.41) is 0. The summed E-state index contributed by atoms with van der Waals surface area (Å²) in [7, 11) is -0.996. The normalized spacial score (nSPS) is 15.6. The Hall–Kier alpha value is -3.08. The maximum atomic E-state index is 13.5. The minimum atomic E-state index is -3.82. The Labute approximate surface area is 197 Å². The van der Waals surface area contributed by atoms with E-state index in [2.05, 4.69) is 4.90 Å². The molecule has 3 aromatic rings. The number of halogens is 2. The lowest BCUT2D eigenvalue weighted by molar-refractivity contribution is 0.0590. The maximum absolute atomic E-state index is 13.5. The zero-order valence-corrected chi connectivity index (χ0v) is 19.6. The highest BCUT2D eigenvalue weighted by Gasteiger charge is 2.33. The summed E-state index contributed by atoms with van der Waals surface area (Å²) in [6.45, 7) is 1.28. The van der Waals surface area contributed by atoms with Crippen molar-refractivity contribution in [3.8, 4) is 0 Å². The lowest BCUT2D eigenvalue weighted by Gasteiger charge is -2.39. The highest BCUT2D eigenvalue weighted by atomic mass is 32.2. The van der Waals surface area contributed by atoms with E-state index in [1.54, 1.807) is 31.3 Å². The van der Waals surface area contributed by atoms with Gasteiger partial charge in [-0.3, -0.25) is 4.90 Å². The molecule has 0 bridgehead atoms. The molecule has 0 radical (unpaired) electrons. The topological polar surface area (TPSA) is 71.8 Å². The number of aromatic nitrogens is 1. The Balaban J connectivity index is 1.56. The van der Waals surface area contributed by atoms with Crippen LogP contribution in [0.25, 0.3) is 0 Å². The van der Waals surface area contributed by atoms with E-state index in [-0.39, 0.29) is 41.4 Å². The summed E-state index contributed by atoms with van der Waals surface area (Å²) < 4.78 is 61.0. The minimum Gasteiger partial charge on any atom is -0.464 e.